The Balaban J connectivity index is 2.06. The summed E-state index contributed by atoms with van der Waals surface area (Å²) in [6.45, 7) is 2.26. The van der Waals surface area contributed by atoms with E-state index in [2.05, 4.69) is 5.32 Å². The van der Waals surface area contributed by atoms with Crippen molar-refractivity contribution < 1.29 is 9.18 Å². The zero-order valence-electron chi connectivity index (χ0n) is 12.0. The number of hydrogen-bond acceptors (Lipinski definition) is 2. The van der Waals surface area contributed by atoms with E-state index < -0.39 is 5.41 Å². The molecule has 1 aromatic carbocycles. The lowest BCUT2D eigenvalue weighted by Crippen LogP contribution is -2.47. The smallest absolute Gasteiger partial charge is 0.227 e. The van der Waals surface area contributed by atoms with Gasteiger partial charge in [-0.15, -0.1) is 0 Å². The number of nitrogens with two attached hydrogens (primary N) is 1. The molecule has 1 aromatic rings. The molecule has 2 rings (SSSR count). The van der Waals surface area contributed by atoms with Gasteiger partial charge in [-0.05, 0) is 37.5 Å². The molecular formula is C16H23FN2O. The molecule has 0 spiro atoms. The van der Waals surface area contributed by atoms with Crippen molar-refractivity contribution in [3.63, 3.8) is 0 Å². The van der Waals surface area contributed by atoms with Crippen LogP contribution in [0.15, 0.2) is 24.3 Å². The minimum absolute atomic E-state index is 0.0106. The van der Waals surface area contributed by atoms with Crippen LogP contribution in [0.5, 0.6) is 0 Å². The predicted octanol–water partition coefficient (Wildman–Crippen LogP) is 2.91. The summed E-state index contributed by atoms with van der Waals surface area (Å²) in [7, 11) is 0. The van der Waals surface area contributed by atoms with Crippen molar-refractivity contribution in [2.45, 2.75) is 45.1 Å². The maximum Gasteiger partial charge on any atom is 0.227 e. The van der Waals surface area contributed by atoms with Gasteiger partial charge in [0.25, 0.3) is 0 Å². The second kappa shape index (κ2) is 6.35. The zero-order valence-corrected chi connectivity index (χ0v) is 12.0. The molecule has 1 aliphatic carbocycles. The first-order chi connectivity index (χ1) is 9.57. The molecule has 110 valence electrons. The van der Waals surface area contributed by atoms with Crippen molar-refractivity contribution in [2.24, 2.45) is 11.1 Å². The fourth-order valence-electron chi connectivity index (χ4n) is 2.96. The first-order valence-corrected chi connectivity index (χ1v) is 7.34. The third kappa shape index (κ3) is 3.18. The van der Waals surface area contributed by atoms with Crippen LogP contribution in [-0.4, -0.2) is 12.5 Å². The van der Waals surface area contributed by atoms with Crippen LogP contribution < -0.4 is 11.1 Å². The summed E-state index contributed by atoms with van der Waals surface area (Å²) in [4.78, 5) is 12.5. The fraction of sp³-hybridized carbons (Fsp3) is 0.562. The van der Waals surface area contributed by atoms with Gasteiger partial charge in [0.1, 0.15) is 5.82 Å². The average molecular weight is 278 g/mol. The van der Waals surface area contributed by atoms with Crippen LogP contribution in [-0.2, 0) is 4.79 Å². The number of hydrogen-bond donors (Lipinski definition) is 2. The summed E-state index contributed by atoms with van der Waals surface area (Å²) in [6, 6.07) is 6.14. The summed E-state index contributed by atoms with van der Waals surface area (Å²) in [5, 5.41) is 3.00. The van der Waals surface area contributed by atoms with Gasteiger partial charge in [0.15, 0.2) is 0 Å². The van der Waals surface area contributed by atoms with E-state index in [1.54, 1.807) is 6.07 Å². The number of amides is 1. The van der Waals surface area contributed by atoms with Gasteiger partial charge in [-0.3, -0.25) is 4.79 Å². The van der Waals surface area contributed by atoms with Crippen molar-refractivity contribution in [2.75, 3.05) is 6.54 Å². The van der Waals surface area contributed by atoms with Gasteiger partial charge in [0, 0.05) is 6.54 Å². The Morgan fingerprint density at radius 2 is 2.10 bits per heavy atom. The van der Waals surface area contributed by atoms with Gasteiger partial charge in [-0.2, -0.15) is 0 Å². The Morgan fingerprint density at radius 1 is 1.40 bits per heavy atom. The normalized spacial score (nSPS) is 19.4. The van der Waals surface area contributed by atoms with Crippen molar-refractivity contribution in [1.29, 1.82) is 0 Å². The predicted molar refractivity (Wildman–Crippen MR) is 77.5 cm³/mol. The van der Waals surface area contributed by atoms with E-state index in [0.717, 1.165) is 31.2 Å². The summed E-state index contributed by atoms with van der Waals surface area (Å²) in [6.07, 6.45) is 4.99. The Morgan fingerprint density at radius 3 is 2.70 bits per heavy atom. The van der Waals surface area contributed by atoms with E-state index >= 15 is 0 Å². The Kier molecular flexibility index (Phi) is 4.76. The standard InChI is InChI=1S/C16H23FN2O/c1-12(13-6-5-7-14(17)10-13)19-15(20)16(11-18)8-3-2-4-9-16/h5-7,10,12H,2-4,8-9,11,18H2,1H3,(H,19,20). The molecule has 3 nitrogen and oxygen atoms in total. The lowest BCUT2D eigenvalue weighted by atomic mass is 9.73. The highest BCUT2D eigenvalue weighted by molar-refractivity contribution is 5.83. The van der Waals surface area contributed by atoms with Crippen LogP contribution in [0.3, 0.4) is 0 Å². The van der Waals surface area contributed by atoms with Gasteiger partial charge < -0.3 is 11.1 Å². The lowest BCUT2D eigenvalue weighted by Gasteiger charge is -2.35. The molecular weight excluding hydrogens is 255 g/mol. The summed E-state index contributed by atoms with van der Waals surface area (Å²) < 4.78 is 13.2. The lowest BCUT2D eigenvalue weighted by molar-refractivity contribution is -0.133. The van der Waals surface area contributed by atoms with E-state index in [4.69, 9.17) is 5.73 Å². The molecule has 1 aliphatic rings. The van der Waals surface area contributed by atoms with Gasteiger partial charge in [-0.25, -0.2) is 4.39 Å². The maximum absolute atomic E-state index is 13.2. The Labute approximate surface area is 119 Å². The molecule has 1 amide bonds. The third-order valence-electron chi connectivity index (χ3n) is 4.38. The van der Waals surface area contributed by atoms with Gasteiger partial charge in [0.2, 0.25) is 5.91 Å². The van der Waals surface area contributed by atoms with Crippen molar-refractivity contribution in [3.05, 3.63) is 35.6 Å². The van der Waals surface area contributed by atoms with Crippen LogP contribution >= 0.6 is 0 Å². The molecule has 3 N–H and O–H groups in total. The summed E-state index contributed by atoms with van der Waals surface area (Å²) in [5.41, 5.74) is 6.21. The number of carbonyl (C=O) groups excluding carboxylic acids is 1. The molecule has 0 radical (unpaired) electrons. The van der Waals surface area contributed by atoms with E-state index in [0.29, 0.717) is 6.54 Å². The van der Waals surface area contributed by atoms with Gasteiger partial charge in [-0.1, -0.05) is 31.4 Å². The van der Waals surface area contributed by atoms with Crippen LogP contribution in [0.4, 0.5) is 4.39 Å². The topological polar surface area (TPSA) is 55.1 Å². The Hall–Kier alpha value is -1.42. The van der Waals surface area contributed by atoms with E-state index in [-0.39, 0.29) is 17.8 Å². The number of benzene rings is 1. The first kappa shape index (κ1) is 15.0. The molecule has 1 fully saturated rings. The highest BCUT2D eigenvalue weighted by Gasteiger charge is 2.38. The van der Waals surface area contributed by atoms with Gasteiger partial charge in [0.05, 0.1) is 11.5 Å². The number of nitrogens with one attached hydrogen (secondary N) is 1. The van der Waals surface area contributed by atoms with Gasteiger partial charge >= 0.3 is 0 Å². The Bertz CT molecular complexity index is 469. The molecule has 0 aromatic heterocycles. The van der Waals surface area contributed by atoms with Crippen molar-refractivity contribution >= 4 is 5.91 Å². The largest absolute Gasteiger partial charge is 0.349 e. The molecule has 4 heteroatoms. The third-order valence-corrected chi connectivity index (χ3v) is 4.38. The zero-order chi connectivity index (χ0) is 14.6. The number of carbonyl (C=O) groups is 1. The maximum atomic E-state index is 13.2. The highest BCUT2D eigenvalue weighted by atomic mass is 19.1. The van der Waals surface area contributed by atoms with Crippen molar-refractivity contribution in [1.82, 2.24) is 5.32 Å². The minimum Gasteiger partial charge on any atom is -0.349 e. The average Bonchev–Trinajstić information content (AvgIpc) is 2.47. The monoisotopic (exact) mass is 278 g/mol. The second-order valence-electron chi connectivity index (χ2n) is 5.80. The van der Waals surface area contributed by atoms with Crippen LogP contribution in [0.2, 0.25) is 0 Å². The minimum atomic E-state index is -0.431. The molecule has 1 atom stereocenters. The molecule has 0 aliphatic heterocycles. The number of rotatable bonds is 4. The van der Waals surface area contributed by atoms with Crippen LogP contribution in [0.25, 0.3) is 0 Å². The number of halogens is 1. The molecule has 0 bridgehead atoms. The molecule has 0 heterocycles. The molecule has 0 saturated heterocycles. The summed E-state index contributed by atoms with van der Waals surface area (Å²) in [5.74, 6) is -0.272. The second-order valence-corrected chi connectivity index (χ2v) is 5.80. The molecule has 20 heavy (non-hydrogen) atoms. The van der Waals surface area contributed by atoms with E-state index in [1.165, 1.54) is 18.6 Å². The quantitative estimate of drug-likeness (QED) is 0.889. The highest BCUT2D eigenvalue weighted by Crippen LogP contribution is 2.36. The van der Waals surface area contributed by atoms with E-state index in [9.17, 15) is 9.18 Å². The molecule has 1 unspecified atom stereocenters. The summed E-state index contributed by atoms with van der Waals surface area (Å²) >= 11 is 0. The van der Waals surface area contributed by atoms with Crippen molar-refractivity contribution in [3.8, 4) is 0 Å². The van der Waals surface area contributed by atoms with Crippen LogP contribution in [0.1, 0.15) is 50.6 Å². The SMILES string of the molecule is CC(NC(=O)C1(CN)CCCCC1)c1cccc(F)c1. The van der Waals surface area contributed by atoms with E-state index in [1.807, 2.05) is 13.0 Å². The fourth-order valence-corrected chi connectivity index (χ4v) is 2.96. The molecule has 1 saturated carbocycles. The first-order valence-electron chi connectivity index (χ1n) is 7.34. The van der Waals surface area contributed by atoms with Crippen LogP contribution in [0, 0.1) is 11.2 Å².